The summed E-state index contributed by atoms with van der Waals surface area (Å²) in [4.78, 5) is 15.4. The molecule has 0 aliphatic carbocycles. The molecular formula is C20H18N2O2. The molecule has 0 spiro atoms. The van der Waals surface area contributed by atoms with Crippen LogP contribution in [0.4, 0.5) is 11.4 Å². The quantitative estimate of drug-likeness (QED) is 0.725. The van der Waals surface area contributed by atoms with Crippen molar-refractivity contribution >= 4 is 17.3 Å². The van der Waals surface area contributed by atoms with Crippen LogP contribution in [0.25, 0.3) is 11.1 Å². The van der Waals surface area contributed by atoms with Gasteiger partial charge in [0.15, 0.2) is 0 Å². The molecule has 24 heavy (non-hydrogen) atoms. The molecule has 3 aromatic rings. The normalized spacial score (nSPS) is 10.4. The Morgan fingerprint density at radius 1 is 0.958 bits per heavy atom. The van der Waals surface area contributed by atoms with Crippen molar-refractivity contribution in [3.05, 3.63) is 77.6 Å². The van der Waals surface area contributed by atoms with Crippen LogP contribution in [0, 0.1) is 13.8 Å². The molecule has 0 bridgehead atoms. The van der Waals surface area contributed by atoms with Crippen molar-refractivity contribution in [3.63, 3.8) is 0 Å². The summed E-state index contributed by atoms with van der Waals surface area (Å²) in [7, 11) is 0. The van der Waals surface area contributed by atoms with Crippen molar-refractivity contribution in [2.75, 3.05) is 5.32 Å². The van der Waals surface area contributed by atoms with Gasteiger partial charge in [-0.25, -0.2) is 4.79 Å². The van der Waals surface area contributed by atoms with Gasteiger partial charge in [-0.1, -0.05) is 12.1 Å². The second-order valence-corrected chi connectivity index (χ2v) is 5.70. The molecule has 0 unspecified atom stereocenters. The molecule has 2 aromatic carbocycles. The summed E-state index contributed by atoms with van der Waals surface area (Å²) < 4.78 is 0. The molecule has 0 saturated heterocycles. The third-order valence-corrected chi connectivity index (χ3v) is 3.96. The number of hydrogen-bond donors (Lipinski definition) is 2. The molecule has 0 saturated carbocycles. The maximum atomic E-state index is 11.4. The zero-order chi connectivity index (χ0) is 17.1. The third kappa shape index (κ3) is 3.13. The van der Waals surface area contributed by atoms with Crippen LogP contribution in [0.15, 0.2) is 60.9 Å². The minimum Gasteiger partial charge on any atom is -0.478 e. The van der Waals surface area contributed by atoms with Crippen LogP contribution in [0.2, 0.25) is 0 Å². The van der Waals surface area contributed by atoms with E-state index < -0.39 is 5.97 Å². The number of carbonyl (C=O) groups is 1. The van der Waals surface area contributed by atoms with Crippen LogP contribution >= 0.6 is 0 Å². The Morgan fingerprint density at radius 3 is 2.21 bits per heavy atom. The SMILES string of the molecule is Cc1cc(-c2ccncc2)cc(C)c1Nc1ccccc1C(=O)O. The Bertz CT molecular complexity index is 866. The van der Waals surface area contributed by atoms with E-state index in [-0.39, 0.29) is 5.56 Å². The number of anilines is 2. The highest BCUT2D eigenvalue weighted by Crippen LogP contribution is 2.31. The van der Waals surface area contributed by atoms with E-state index >= 15 is 0 Å². The Labute approximate surface area is 140 Å². The first kappa shape index (κ1) is 15.7. The lowest BCUT2D eigenvalue weighted by molar-refractivity contribution is 0.0698. The maximum Gasteiger partial charge on any atom is 0.337 e. The highest BCUT2D eigenvalue weighted by molar-refractivity contribution is 5.95. The van der Waals surface area contributed by atoms with E-state index in [1.165, 1.54) is 0 Å². The summed E-state index contributed by atoms with van der Waals surface area (Å²) in [6.45, 7) is 4.03. The van der Waals surface area contributed by atoms with Crippen molar-refractivity contribution in [3.8, 4) is 11.1 Å². The standard InChI is InChI=1S/C20H18N2O2/c1-13-11-16(15-7-9-21-10-8-15)12-14(2)19(13)22-18-6-4-3-5-17(18)20(23)24/h3-12,22H,1-2H3,(H,23,24). The van der Waals surface area contributed by atoms with E-state index in [0.29, 0.717) is 5.69 Å². The molecule has 0 aliphatic rings. The third-order valence-electron chi connectivity index (χ3n) is 3.96. The van der Waals surface area contributed by atoms with Gasteiger partial charge in [-0.15, -0.1) is 0 Å². The number of carboxylic acids is 1. The van der Waals surface area contributed by atoms with Gasteiger partial charge in [0, 0.05) is 18.1 Å². The van der Waals surface area contributed by atoms with Gasteiger partial charge < -0.3 is 10.4 Å². The van der Waals surface area contributed by atoms with Crippen LogP contribution in [-0.4, -0.2) is 16.1 Å². The predicted octanol–water partition coefficient (Wildman–Crippen LogP) is 4.81. The Balaban J connectivity index is 2.00. The van der Waals surface area contributed by atoms with Crippen LogP contribution in [0.3, 0.4) is 0 Å². The number of aryl methyl sites for hydroxylation is 2. The number of aromatic carboxylic acids is 1. The van der Waals surface area contributed by atoms with Crippen molar-refractivity contribution in [1.82, 2.24) is 4.98 Å². The molecule has 0 aliphatic heterocycles. The van der Waals surface area contributed by atoms with Gasteiger partial charge >= 0.3 is 5.97 Å². The monoisotopic (exact) mass is 318 g/mol. The van der Waals surface area contributed by atoms with E-state index in [1.807, 2.05) is 32.0 Å². The number of aromatic nitrogens is 1. The van der Waals surface area contributed by atoms with Crippen molar-refractivity contribution in [2.24, 2.45) is 0 Å². The van der Waals surface area contributed by atoms with Gasteiger partial charge in [-0.05, 0) is 72.5 Å². The largest absolute Gasteiger partial charge is 0.478 e. The van der Waals surface area contributed by atoms with E-state index in [4.69, 9.17) is 0 Å². The van der Waals surface area contributed by atoms with E-state index in [9.17, 15) is 9.90 Å². The number of benzene rings is 2. The molecule has 3 rings (SSSR count). The minimum atomic E-state index is -0.943. The lowest BCUT2D eigenvalue weighted by Crippen LogP contribution is -2.04. The number of pyridine rings is 1. The van der Waals surface area contributed by atoms with Crippen molar-refractivity contribution in [1.29, 1.82) is 0 Å². The van der Waals surface area contributed by atoms with Gasteiger partial charge in [-0.3, -0.25) is 4.98 Å². The summed E-state index contributed by atoms with van der Waals surface area (Å²) in [6.07, 6.45) is 3.55. The summed E-state index contributed by atoms with van der Waals surface area (Å²) in [6, 6.07) is 15.1. The first-order chi connectivity index (χ1) is 11.6. The van der Waals surface area contributed by atoms with E-state index in [1.54, 1.807) is 30.6 Å². The molecule has 0 atom stereocenters. The average Bonchev–Trinajstić information content (AvgIpc) is 2.59. The maximum absolute atomic E-state index is 11.4. The fourth-order valence-corrected chi connectivity index (χ4v) is 2.78. The first-order valence-electron chi connectivity index (χ1n) is 7.67. The summed E-state index contributed by atoms with van der Waals surface area (Å²) in [5, 5.41) is 12.6. The number of nitrogens with one attached hydrogen (secondary N) is 1. The molecule has 0 radical (unpaired) electrons. The van der Waals surface area contributed by atoms with Gasteiger partial charge in [0.25, 0.3) is 0 Å². The zero-order valence-electron chi connectivity index (χ0n) is 13.6. The van der Waals surface area contributed by atoms with Gasteiger partial charge in [0.05, 0.1) is 11.3 Å². The van der Waals surface area contributed by atoms with Crippen molar-refractivity contribution < 1.29 is 9.90 Å². The van der Waals surface area contributed by atoms with Gasteiger partial charge in [-0.2, -0.15) is 0 Å². The fourth-order valence-electron chi connectivity index (χ4n) is 2.78. The topological polar surface area (TPSA) is 62.2 Å². The number of nitrogens with zero attached hydrogens (tertiary/aromatic N) is 1. The summed E-state index contributed by atoms with van der Waals surface area (Å²) >= 11 is 0. The Morgan fingerprint density at radius 2 is 1.58 bits per heavy atom. The fraction of sp³-hybridized carbons (Fsp3) is 0.100. The van der Waals surface area contributed by atoms with Crippen LogP contribution in [-0.2, 0) is 0 Å². The lowest BCUT2D eigenvalue weighted by atomic mass is 9.99. The molecule has 1 heterocycles. The first-order valence-corrected chi connectivity index (χ1v) is 7.67. The highest BCUT2D eigenvalue weighted by atomic mass is 16.4. The van der Waals surface area contributed by atoms with Gasteiger partial charge in [0.2, 0.25) is 0 Å². The van der Waals surface area contributed by atoms with Crippen LogP contribution in [0.5, 0.6) is 0 Å². The summed E-state index contributed by atoms with van der Waals surface area (Å²) in [5.41, 5.74) is 6.12. The van der Waals surface area contributed by atoms with Crippen LogP contribution < -0.4 is 5.32 Å². The van der Waals surface area contributed by atoms with Crippen molar-refractivity contribution in [2.45, 2.75) is 13.8 Å². The molecule has 1 aromatic heterocycles. The second-order valence-electron chi connectivity index (χ2n) is 5.70. The number of rotatable bonds is 4. The number of carboxylic acid groups (broad SMARTS) is 1. The average molecular weight is 318 g/mol. The van der Waals surface area contributed by atoms with Crippen LogP contribution in [0.1, 0.15) is 21.5 Å². The summed E-state index contributed by atoms with van der Waals surface area (Å²) in [5.74, 6) is -0.943. The molecule has 0 fully saturated rings. The minimum absolute atomic E-state index is 0.259. The molecule has 0 amide bonds. The Kier molecular flexibility index (Phi) is 4.29. The number of para-hydroxylation sites is 1. The zero-order valence-corrected chi connectivity index (χ0v) is 13.6. The molecule has 120 valence electrons. The lowest BCUT2D eigenvalue weighted by Gasteiger charge is -2.16. The molecular weight excluding hydrogens is 300 g/mol. The predicted molar refractivity (Wildman–Crippen MR) is 95.8 cm³/mol. The molecule has 2 N–H and O–H groups in total. The second kappa shape index (κ2) is 6.54. The van der Waals surface area contributed by atoms with E-state index in [2.05, 4.69) is 22.4 Å². The number of hydrogen-bond acceptors (Lipinski definition) is 3. The van der Waals surface area contributed by atoms with Gasteiger partial charge in [0.1, 0.15) is 0 Å². The smallest absolute Gasteiger partial charge is 0.337 e. The Hall–Kier alpha value is -3.14. The highest BCUT2D eigenvalue weighted by Gasteiger charge is 2.12. The van der Waals surface area contributed by atoms with E-state index in [0.717, 1.165) is 27.9 Å². The molecule has 4 heteroatoms. The molecule has 4 nitrogen and oxygen atoms in total.